The third-order valence-electron chi connectivity index (χ3n) is 4.53. The van der Waals surface area contributed by atoms with Crippen molar-refractivity contribution in [2.75, 3.05) is 19.0 Å². The average Bonchev–Trinajstić information content (AvgIpc) is 2.78. The molecule has 0 atom stereocenters. The molecule has 1 N–H and O–H groups in total. The monoisotopic (exact) mass is 558 g/mol. The van der Waals surface area contributed by atoms with Gasteiger partial charge in [-0.3, -0.25) is 4.79 Å². The summed E-state index contributed by atoms with van der Waals surface area (Å²) < 4.78 is 12.0. The zero-order valence-electron chi connectivity index (χ0n) is 17.5. The number of carbonyl (C=O) groups is 1. The Morgan fingerprint density at radius 3 is 2.56 bits per heavy atom. The first-order chi connectivity index (χ1) is 15.4. The molecule has 3 rings (SSSR count). The first-order valence-electron chi connectivity index (χ1n) is 9.65. The van der Waals surface area contributed by atoms with Crippen LogP contribution in [0.15, 0.2) is 60.7 Å². The second-order valence-electron chi connectivity index (χ2n) is 6.89. The fourth-order valence-corrected chi connectivity index (χ4v) is 3.97. The number of anilines is 1. The lowest BCUT2D eigenvalue weighted by Gasteiger charge is -2.14. The third kappa shape index (κ3) is 6.02. The molecule has 5 nitrogen and oxygen atoms in total. The minimum atomic E-state index is -0.277. The number of hydrogen-bond acceptors (Lipinski definition) is 4. The Balaban J connectivity index is 1.79. The lowest BCUT2D eigenvalue weighted by atomic mass is 10.0. The minimum absolute atomic E-state index is 0.168. The molecule has 0 bridgehead atoms. The Labute approximate surface area is 205 Å². The van der Waals surface area contributed by atoms with Gasteiger partial charge in [-0.05, 0) is 71.5 Å². The normalized spacial score (nSPS) is 10.9. The van der Waals surface area contributed by atoms with Crippen molar-refractivity contribution in [1.29, 1.82) is 5.26 Å². The van der Waals surface area contributed by atoms with Crippen LogP contribution < -0.4 is 14.8 Å². The van der Waals surface area contributed by atoms with E-state index in [1.807, 2.05) is 49.4 Å². The molecule has 7 heteroatoms. The molecular formula is C25H20ClIN2O3. The number of hydrogen-bond donors (Lipinski definition) is 1. The number of methoxy groups -OCH3 is 1. The summed E-state index contributed by atoms with van der Waals surface area (Å²) in [5.41, 5.74) is 3.65. The standard InChI is InChI=1S/C25H20ClIN2O3/c1-16-7-9-19(10-8-16)29-24(30)15-32-25-22(27)12-17(13-23(25)31-2)11-18(14-28)20-5-3-4-6-21(20)26/h3-13H,15H2,1-2H3,(H,29,30). The van der Waals surface area contributed by atoms with Gasteiger partial charge in [0.1, 0.15) is 0 Å². The number of ether oxygens (including phenoxy) is 2. The van der Waals surface area contributed by atoms with Crippen LogP contribution in [0.1, 0.15) is 16.7 Å². The summed E-state index contributed by atoms with van der Waals surface area (Å²) in [5, 5.41) is 12.9. The molecule has 0 saturated heterocycles. The van der Waals surface area contributed by atoms with Crippen LogP contribution in [0.4, 0.5) is 5.69 Å². The van der Waals surface area contributed by atoms with Crippen molar-refractivity contribution in [3.63, 3.8) is 0 Å². The lowest BCUT2D eigenvalue weighted by molar-refractivity contribution is -0.118. The number of aryl methyl sites for hydroxylation is 1. The first-order valence-corrected chi connectivity index (χ1v) is 11.1. The molecule has 3 aromatic rings. The van der Waals surface area contributed by atoms with E-state index in [1.165, 1.54) is 7.11 Å². The van der Waals surface area contributed by atoms with Crippen LogP contribution in [0.3, 0.4) is 0 Å². The molecule has 3 aromatic carbocycles. The van der Waals surface area contributed by atoms with E-state index in [0.29, 0.717) is 33.3 Å². The van der Waals surface area contributed by atoms with Gasteiger partial charge in [0.2, 0.25) is 0 Å². The Morgan fingerprint density at radius 2 is 1.91 bits per heavy atom. The fourth-order valence-electron chi connectivity index (χ4n) is 2.95. The largest absolute Gasteiger partial charge is 0.493 e. The van der Waals surface area contributed by atoms with Gasteiger partial charge in [-0.1, -0.05) is 47.5 Å². The summed E-state index contributed by atoms with van der Waals surface area (Å²) in [5.74, 6) is 0.643. The topological polar surface area (TPSA) is 71.3 Å². The first kappa shape index (κ1) is 23.6. The Bertz CT molecular complexity index is 1200. The molecule has 0 spiro atoms. The zero-order valence-corrected chi connectivity index (χ0v) is 20.4. The second kappa shape index (κ2) is 11.0. The van der Waals surface area contributed by atoms with Crippen molar-refractivity contribution < 1.29 is 14.3 Å². The number of nitriles is 1. The second-order valence-corrected chi connectivity index (χ2v) is 8.46. The van der Waals surface area contributed by atoms with E-state index >= 15 is 0 Å². The quantitative estimate of drug-likeness (QED) is 0.209. The molecule has 0 aliphatic carbocycles. The van der Waals surface area contributed by atoms with Crippen LogP contribution in [0, 0.1) is 21.8 Å². The van der Waals surface area contributed by atoms with Crippen LogP contribution >= 0.6 is 34.2 Å². The average molecular weight is 559 g/mol. The van der Waals surface area contributed by atoms with Gasteiger partial charge in [0.25, 0.3) is 5.91 Å². The van der Waals surface area contributed by atoms with Crippen molar-refractivity contribution >= 4 is 57.4 Å². The van der Waals surface area contributed by atoms with Crippen LogP contribution in [-0.2, 0) is 4.79 Å². The van der Waals surface area contributed by atoms with Gasteiger partial charge in [0.05, 0.1) is 22.3 Å². The van der Waals surface area contributed by atoms with Gasteiger partial charge in [-0.25, -0.2) is 0 Å². The number of amides is 1. The summed E-state index contributed by atoms with van der Waals surface area (Å²) in [6.07, 6.45) is 1.74. The molecule has 0 aromatic heterocycles. The number of rotatable bonds is 7. The maximum Gasteiger partial charge on any atom is 0.262 e. The van der Waals surface area contributed by atoms with Crippen LogP contribution in [-0.4, -0.2) is 19.6 Å². The van der Waals surface area contributed by atoms with Crippen LogP contribution in [0.25, 0.3) is 11.6 Å². The molecule has 0 heterocycles. The number of halogens is 2. The highest BCUT2D eigenvalue weighted by Gasteiger charge is 2.14. The van der Waals surface area contributed by atoms with Gasteiger partial charge in [-0.2, -0.15) is 5.26 Å². The van der Waals surface area contributed by atoms with Gasteiger partial charge in [0, 0.05) is 16.3 Å². The number of benzene rings is 3. The molecule has 0 aliphatic rings. The van der Waals surface area contributed by atoms with E-state index < -0.39 is 0 Å². The van der Waals surface area contributed by atoms with E-state index in [4.69, 9.17) is 21.1 Å². The molecule has 1 amide bonds. The van der Waals surface area contributed by atoms with Crippen molar-refractivity contribution in [3.8, 4) is 17.6 Å². The summed E-state index contributed by atoms with van der Waals surface area (Å²) in [7, 11) is 1.53. The van der Waals surface area contributed by atoms with Gasteiger partial charge < -0.3 is 14.8 Å². The van der Waals surface area contributed by atoms with Gasteiger partial charge in [-0.15, -0.1) is 0 Å². The molecule has 0 radical (unpaired) electrons. The predicted octanol–water partition coefficient (Wildman–Crippen LogP) is 6.34. The summed E-state index contributed by atoms with van der Waals surface area (Å²) in [6.45, 7) is 1.81. The van der Waals surface area contributed by atoms with Crippen molar-refractivity contribution in [3.05, 3.63) is 85.9 Å². The van der Waals surface area contributed by atoms with Crippen LogP contribution in [0.2, 0.25) is 5.02 Å². The highest BCUT2D eigenvalue weighted by molar-refractivity contribution is 14.1. The van der Waals surface area contributed by atoms with E-state index in [-0.39, 0.29) is 12.5 Å². The smallest absolute Gasteiger partial charge is 0.262 e. The number of nitrogens with zero attached hydrogens (tertiary/aromatic N) is 1. The summed E-state index contributed by atoms with van der Waals surface area (Å²) in [4.78, 5) is 12.3. The predicted molar refractivity (Wildman–Crippen MR) is 136 cm³/mol. The third-order valence-corrected chi connectivity index (χ3v) is 5.66. The molecule has 0 saturated carbocycles. The van der Waals surface area contributed by atoms with Crippen molar-refractivity contribution in [1.82, 2.24) is 0 Å². The number of carbonyl (C=O) groups excluding carboxylic acids is 1. The van der Waals surface area contributed by atoms with Crippen molar-refractivity contribution in [2.45, 2.75) is 6.92 Å². The molecule has 0 unspecified atom stereocenters. The van der Waals surface area contributed by atoms with Crippen molar-refractivity contribution in [2.24, 2.45) is 0 Å². The molecular weight excluding hydrogens is 539 g/mol. The Hall–Kier alpha value is -3.02. The Kier molecular flexibility index (Phi) is 8.14. The maximum atomic E-state index is 12.3. The van der Waals surface area contributed by atoms with E-state index in [9.17, 15) is 10.1 Å². The van der Waals surface area contributed by atoms with E-state index in [2.05, 4.69) is 34.0 Å². The lowest BCUT2D eigenvalue weighted by Crippen LogP contribution is -2.20. The molecule has 32 heavy (non-hydrogen) atoms. The SMILES string of the molecule is COc1cc(C=C(C#N)c2ccccc2Cl)cc(I)c1OCC(=O)Nc1ccc(C)cc1. The zero-order chi connectivity index (χ0) is 23.1. The molecule has 0 fully saturated rings. The highest BCUT2D eigenvalue weighted by Crippen LogP contribution is 2.35. The highest BCUT2D eigenvalue weighted by atomic mass is 127. The van der Waals surface area contributed by atoms with E-state index in [0.717, 1.165) is 14.7 Å². The number of allylic oxidation sites excluding steroid dienone is 1. The van der Waals surface area contributed by atoms with E-state index in [1.54, 1.807) is 24.3 Å². The Morgan fingerprint density at radius 1 is 1.19 bits per heavy atom. The minimum Gasteiger partial charge on any atom is -0.493 e. The number of nitrogens with one attached hydrogen (secondary N) is 1. The molecule has 162 valence electrons. The maximum absolute atomic E-state index is 12.3. The van der Waals surface area contributed by atoms with Crippen LogP contribution in [0.5, 0.6) is 11.5 Å². The fraction of sp³-hybridized carbons (Fsp3) is 0.120. The molecule has 0 aliphatic heterocycles. The van der Waals surface area contributed by atoms with Gasteiger partial charge in [0.15, 0.2) is 18.1 Å². The summed E-state index contributed by atoms with van der Waals surface area (Å²) >= 11 is 8.35. The van der Waals surface area contributed by atoms with Gasteiger partial charge >= 0.3 is 0 Å². The summed E-state index contributed by atoms with van der Waals surface area (Å²) in [6, 6.07) is 20.5.